The molecular formula is C30H37N5O2S. The van der Waals surface area contributed by atoms with Gasteiger partial charge >= 0.3 is 0 Å². The Bertz CT molecular complexity index is 1350. The number of nitrogens with zero attached hydrogens (tertiary/aromatic N) is 3. The molecule has 4 aromatic rings. The van der Waals surface area contributed by atoms with Crippen LogP contribution in [0, 0.1) is 0 Å². The molecule has 200 valence electrons. The highest BCUT2D eigenvalue weighted by molar-refractivity contribution is 8.00. The molecule has 1 aromatic heterocycles. The van der Waals surface area contributed by atoms with Gasteiger partial charge in [-0.2, -0.15) is 5.10 Å². The first-order valence-corrected chi connectivity index (χ1v) is 14.3. The van der Waals surface area contributed by atoms with Gasteiger partial charge in [-0.05, 0) is 49.0 Å². The highest BCUT2D eigenvalue weighted by Crippen LogP contribution is 2.51. The largest absolute Gasteiger partial charge is 0.489 e. The fourth-order valence-electron chi connectivity index (χ4n) is 4.83. The predicted molar refractivity (Wildman–Crippen MR) is 156 cm³/mol. The van der Waals surface area contributed by atoms with Crippen molar-refractivity contribution in [3.05, 3.63) is 66.2 Å². The van der Waals surface area contributed by atoms with Gasteiger partial charge in [-0.1, -0.05) is 55.9 Å². The minimum atomic E-state index is 0.150. The lowest BCUT2D eigenvalue weighted by Gasteiger charge is -2.20. The van der Waals surface area contributed by atoms with Crippen LogP contribution in [0.5, 0.6) is 5.75 Å². The number of benzene rings is 3. The minimum absolute atomic E-state index is 0.150. The molecule has 7 nitrogen and oxygen atoms in total. The number of nitrogens with one attached hydrogen (secondary N) is 2. The fraction of sp³-hybridized carbons (Fsp3) is 0.367. The van der Waals surface area contributed by atoms with E-state index >= 15 is 0 Å². The standard InChI is InChI=1S/C30H37N5O2S/c1-3-34(4-2)17-18-35-26-12-11-25(32-15-14-31-16-19-36)30-28(26)29(33-35)24-20-23(10-13-27(24)38-30)37-21-22-8-6-5-7-9-22/h5-13,20,31-32,36H,3-4,14-19,21H2,1-2H3. The number of likely N-dealkylation sites (N-methyl/N-ethyl adjacent to an activating group) is 1. The second-order valence-corrected chi connectivity index (χ2v) is 10.4. The molecule has 3 N–H and O–H groups in total. The minimum Gasteiger partial charge on any atom is -0.489 e. The zero-order chi connectivity index (χ0) is 26.3. The van der Waals surface area contributed by atoms with Crippen LogP contribution in [0.25, 0.3) is 22.2 Å². The molecule has 0 bridgehead atoms. The molecule has 0 radical (unpaired) electrons. The lowest BCUT2D eigenvalue weighted by molar-refractivity contribution is 0.287. The Morgan fingerprint density at radius 1 is 1.00 bits per heavy atom. The molecule has 3 aromatic carbocycles. The number of aromatic nitrogens is 2. The second kappa shape index (κ2) is 12.7. The molecule has 0 spiro atoms. The van der Waals surface area contributed by atoms with Crippen LogP contribution in [0.1, 0.15) is 19.4 Å². The number of rotatable bonds is 14. The molecule has 0 amide bonds. The summed E-state index contributed by atoms with van der Waals surface area (Å²) in [4.78, 5) is 4.84. The molecule has 38 heavy (non-hydrogen) atoms. The fourth-order valence-corrected chi connectivity index (χ4v) is 6.01. The number of anilines is 1. The predicted octanol–water partition coefficient (Wildman–Crippen LogP) is 5.08. The third kappa shape index (κ3) is 5.83. The maximum atomic E-state index is 9.03. The third-order valence-electron chi connectivity index (χ3n) is 6.97. The average Bonchev–Trinajstić information content (AvgIpc) is 3.33. The van der Waals surface area contributed by atoms with Crippen molar-refractivity contribution in [2.45, 2.75) is 36.8 Å². The number of aliphatic hydroxyl groups is 1. The van der Waals surface area contributed by atoms with E-state index in [1.54, 1.807) is 11.8 Å². The monoisotopic (exact) mass is 531 g/mol. The molecular weight excluding hydrogens is 494 g/mol. The van der Waals surface area contributed by atoms with Crippen molar-refractivity contribution >= 4 is 28.4 Å². The summed E-state index contributed by atoms with van der Waals surface area (Å²) in [7, 11) is 0. The van der Waals surface area contributed by atoms with Gasteiger partial charge in [-0.25, -0.2) is 0 Å². The van der Waals surface area contributed by atoms with Crippen LogP contribution in [0.2, 0.25) is 0 Å². The highest BCUT2D eigenvalue weighted by atomic mass is 32.2. The van der Waals surface area contributed by atoms with Gasteiger partial charge in [0.2, 0.25) is 0 Å². The van der Waals surface area contributed by atoms with Gasteiger partial charge < -0.3 is 25.4 Å². The Hall–Kier alpha value is -3.04. The summed E-state index contributed by atoms with van der Waals surface area (Å²) in [6.45, 7) is 11.2. The zero-order valence-corrected chi connectivity index (χ0v) is 23.1. The highest BCUT2D eigenvalue weighted by Gasteiger charge is 2.26. The van der Waals surface area contributed by atoms with E-state index < -0.39 is 0 Å². The molecule has 0 unspecified atom stereocenters. The van der Waals surface area contributed by atoms with E-state index in [9.17, 15) is 0 Å². The van der Waals surface area contributed by atoms with E-state index in [2.05, 4.69) is 76.5 Å². The van der Waals surface area contributed by atoms with Crippen molar-refractivity contribution in [2.24, 2.45) is 0 Å². The van der Waals surface area contributed by atoms with Crippen molar-refractivity contribution in [1.82, 2.24) is 20.0 Å². The van der Waals surface area contributed by atoms with E-state index in [0.29, 0.717) is 13.2 Å². The molecule has 1 aliphatic heterocycles. The Labute approximate surface area is 229 Å². The maximum Gasteiger partial charge on any atom is 0.120 e. The summed E-state index contributed by atoms with van der Waals surface area (Å²) in [5.74, 6) is 0.853. The number of aliphatic hydroxyl groups excluding tert-OH is 1. The maximum absolute atomic E-state index is 9.03. The Morgan fingerprint density at radius 2 is 1.84 bits per heavy atom. The van der Waals surface area contributed by atoms with Crippen LogP contribution in [-0.2, 0) is 13.2 Å². The van der Waals surface area contributed by atoms with Crippen molar-refractivity contribution < 1.29 is 9.84 Å². The van der Waals surface area contributed by atoms with Crippen LogP contribution in [0.15, 0.2) is 70.5 Å². The van der Waals surface area contributed by atoms with E-state index in [1.165, 1.54) is 20.7 Å². The molecule has 5 rings (SSSR count). The van der Waals surface area contributed by atoms with E-state index in [-0.39, 0.29) is 6.61 Å². The van der Waals surface area contributed by atoms with Crippen LogP contribution in [0.3, 0.4) is 0 Å². The molecule has 0 atom stereocenters. The first-order chi connectivity index (χ1) is 18.7. The van der Waals surface area contributed by atoms with Gasteiger partial charge in [0.25, 0.3) is 0 Å². The Morgan fingerprint density at radius 3 is 2.63 bits per heavy atom. The van der Waals surface area contributed by atoms with Gasteiger partial charge in [0.05, 0.1) is 18.7 Å². The van der Waals surface area contributed by atoms with Crippen LogP contribution >= 0.6 is 11.8 Å². The molecule has 0 saturated carbocycles. The van der Waals surface area contributed by atoms with Crippen molar-refractivity contribution in [1.29, 1.82) is 0 Å². The van der Waals surface area contributed by atoms with Crippen molar-refractivity contribution in [2.75, 3.05) is 51.2 Å². The van der Waals surface area contributed by atoms with Gasteiger partial charge in [0.15, 0.2) is 0 Å². The summed E-state index contributed by atoms with van der Waals surface area (Å²) in [6.07, 6.45) is 0. The van der Waals surface area contributed by atoms with Crippen LogP contribution < -0.4 is 15.4 Å². The summed E-state index contributed by atoms with van der Waals surface area (Å²) in [5, 5.41) is 22.2. The SMILES string of the molecule is CCN(CC)CCn1nc2c3c(c(NCCNCCO)ccc31)Sc1ccc(OCc3ccccc3)cc1-2. The quantitative estimate of drug-likeness (QED) is 0.173. The second-order valence-electron chi connectivity index (χ2n) is 9.37. The average molecular weight is 532 g/mol. The summed E-state index contributed by atoms with van der Waals surface area (Å²) >= 11 is 1.80. The third-order valence-corrected chi connectivity index (χ3v) is 8.17. The Balaban J connectivity index is 1.47. The number of hydrogen-bond acceptors (Lipinski definition) is 7. The van der Waals surface area contributed by atoms with Crippen LogP contribution in [0.4, 0.5) is 5.69 Å². The molecule has 2 heterocycles. The van der Waals surface area contributed by atoms with E-state index in [0.717, 1.165) is 67.5 Å². The number of ether oxygens (including phenoxy) is 1. The summed E-state index contributed by atoms with van der Waals surface area (Å²) in [5.41, 5.74) is 5.59. The van der Waals surface area contributed by atoms with Crippen molar-refractivity contribution in [3.63, 3.8) is 0 Å². The zero-order valence-electron chi connectivity index (χ0n) is 22.2. The van der Waals surface area contributed by atoms with Crippen LogP contribution in [-0.4, -0.2) is 65.7 Å². The van der Waals surface area contributed by atoms with Gasteiger partial charge in [-0.15, -0.1) is 0 Å². The van der Waals surface area contributed by atoms with Gasteiger partial charge in [0, 0.05) is 52.6 Å². The lowest BCUT2D eigenvalue weighted by atomic mass is 10.1. The normalized spacial score (nSPS) is 12.2. The molecule has 0 fully saturated rings. The Kier molecular flexibility index (Phi) is 8.86. The molecule has 0 saturated heterocycles. The first-order valence-electron chi connectivity index (χ1n) is 13.5. The smallest absolute Gasteiger partial charge is 0.120 e. The molecule has 1 aliphatic rings. The van der Waals surface area contributed by atoms with E-state index in [1.807, 2.05) is 18.2 Å². The van der Waals surface area contributed by atoms with Gasteiger partial charge in [0.1, 0.15) is 18.1 Å². The van der Waals surface area contributed by atoms with Crippen molar-refractivity contribution in [3.8, 4) is 17.0 Å². The topological polar surface area (TPSA) is 74.6 Å². The lowest BCUT2D eigenvalue weighted by Crippen LogP contribution is -2.27. The summed E-state index contributed by atoms with van der Waals surface area (Å²) < 4.78 is 8.35. The first kappa shape index (κ1) is 26.6. The molecule has 8 heteroatoms. The molecule has 0 aliphatic carbocycles. The summed E-state index contributed by atoms with van der Waals surface area (Å²) in [6, 6.07) is 21.0. The number of fused-ring (bicyclic) bond motifs is 2. The number of hydrogen-bond donors (Lipinski definition) is 3. The van der Waals surface area contributed by atoms with E-state index in [4.69, 9.17) is 14.9 Å². The van der Waals surface area contributed by atoms with Gasteiger partial charge in [-0.3, -0.25) is 4.68 Å².